The Labute approximate surface area is 132 Å². The fraction of sp³-hybridized carbons (Fsp3) is 0.667. The van der Waals surface area contributed by atoms with Crippen molar-refractivity contribution < 1.29 is 0 Å². The van der Waals surface area contributed by atoms with Crippen molar-refractivity contribution in [3.8, 4) is 0 Å². The highest BCUT2D eigenvalue weighted by atomic mass is 32.2. The Morgan fingerprint density at radius 2 is 2.10 bits per heavy atom. The molecule has 3 unspecified atom stereocenters. The standard InChI is InChI=1S/C18H26N2S/c1-14-10-19-9-5-4-6-16(19)12-20(14)11-15-13-21-18-8-3-2-7-17(15)18/h2-3,7-8,14-16H,4-6,9-13H2,1H3. The molecule has 0 spiro atoms. The topological polar surface area (TPSA) is 6.48 Å². The minimum Gasteiger partial charge on any atom is -0.298 e. The van der Waals surface area contributed by atoms with Crippen molar-refractivity contribution >= 4 is 11.8 Å². The molecule has 1 aromatic carbocycles. The summed E-state index contributed by atoms with van der Waals surface area (Å²) in [5, 5.41) is 0. The van der Waals surface area contributed by atoms with Crippen LogP contribution in [0.4, 0.5) is 0 Å². The summed E-state index contributed by atoms with van der Waals surface area (Å²) < 4.78 is 0. The molecule has 3 aliphatic heterocycles. The summed E-state index contributed by atoms with van der Waals surface area (Å²) >= 11 is 2.05. The van der Waals surface area contributed by atoms with E-state index >= 15 is 0 Å². The third kappa shape index (κ3) is 2.76. The van der Waals surface area contributed by atoms with Crippen molar-refractivity contribution in [3.63, 3.8) is 0 Å². The van der Waals surface area contributed by atoms with Crippen LogP contribution in [0.3, 0.4) is 0 Å². The zero-order valence-corrected chi connectivity index (χ0v) is 13.8. The van der Waals surface area contributed by atoms with Crippen molar-refractivity contribution in [2.45, 2.75) is 49.1 Å². The van der Waals surface area contributed by atoms with Crippen molar-refractivity contribution in [1.82, 2.24) is 9.80 Å². The van der Waals surface area contributed by atoms with Crippen LogP contribution in [0.1, 0.15) is 37.7 Å². The second-order valence-electron chi connectivity index (χ2n) is 6.99. The molecule has 3 heterocycles. The fourth-order valence-corrected chi connectivity index (χ4v) is 5.57. The molecular weight excluding hydrogens is 276 g/mol. The van der Waals surface area contributed by atoms with Gasteiger partial charge in [-0.05, 0) is 37.9 Å². The second kappa shape index (κ2) is 5.94. The maximum Gasteiger partial charge on any atom is 0.0223 e. The maximum absolute atomic E-state index is 2.78. The van der Waals surface area contributed by atoms with E-state index in [1.807, 2.05) is 0 Å². The predicted octanol–water partition coefficient (Wildman–Crippen LogP) is 3.43. The van der Waals surface area contributed by atoms with Crippen LogP contribution in [0, 0.1) is 0 Å². The van der Waals surface area contributed by atoms with E-state index in [0.717, 1.165) is 18.0 Å². The molecule has 0 saturated carbocycles. The van der Waals surface area contributed by atoms with Gasteiger partial charge in [0.25, 0.3) is 0 Å². The number of piperidine rings is 1. The minimum atomic E-state index is 0.720. The second-order valence-corrected chi connectivity index (χ2v) is 8.06. The fourth-order valence-electron chi connectivity index (χ4n) is 4.33. The average molecular weight is 302 g/mol. The molecule has 0 radical (unpaired) electrons. The summed E-state index contributed by atoms with van der Waals surface area (Å²) in [6.07, 6.45) is 4.26. The summed E-state index contributed by atoms with van der Waals surface area (Å²) in [5.74, 6) is 2.01. The van der Waals surface area contributed by atoms with Gasteiger partial charge in [-0.3, -0.25) is 9.80 Å². The Balaban J connectivity index is 1.45. The minimum absolute atomic E-state index is 0.720. The number of hydrogen-bond donors (Lipinski definition) is 0. The lowest BCUT2D eigenvalue weighted by atomic mass is 9.94. The largest absolute Gasteiger partial charge is 0.298 e. The lowest BCUT2D eigenvalue weighted by Crippen LogP contribution is -2.59. The number of benzene rings is 1. The van der Waals surface area contributed by atoms with Crippen LogP contribution in [-0.4, -0.2) is 53.8 Å². The van der Waals surface area contributed by atoms with Gasteiger partial charge in [-0.25, -0.2) is 0 Å². The first-order valence-corrected chi connectivity index (χ1v) is 9.49. The summed E-state index contributed by atoms with van der Waals surface area (Å²) in [6, 6.07) is 10.6. The van der Waals surface area contributed by atoms with Gasteiger partial charge in [0.1, 0.15) is 0 Å². The number of nitrogens with zero attached hydrogens (tertiary/aromatic N) is 2. The summed E-state index contributed by atoms with van der Waals surface area (Å²) in [6.45, 7) is 7.61. The number of piperazine rings is 1. The molecule has 2 fully saturated rings. The predicted molar refractivity (Wildman–Crippen MR) is 90.2 cm³/mol. The van der Waals surface area contributed by atoms with Crippen LogP contribution >= 0.6 is 11.8 Å². The number of rotatable bonds is 2. The van der Waals surface area contributed by atoms with E-state index in [-0.39, 0.29) is 0 Å². The van der Waals surface area contributed by atoms with Gasteiger partial charge in [0.05, 0.1) is 0 Å². The number of thioether (sulfide) groups is 1. The van der Waals surface area contributed by atoms with Crippen LogP contribution in [0.15, 0.2) is 29.2 Å². The van der Waals surface area contributed by atoms with Crippen LogP contribution < -0.4 is 0 Å². The third-order valence-corrected chi connectivity index (χ3v) is 6.82. The van der Waals surface area contributed by atoms with Crippen molar-refractivity contribution in [2.75, 3.05) is 31.9 Å². The highest BCUT2D eigenvalue weighted by molar-refractivity contribution is 7.99. The molecule has 21 heavy (non-hydrogen) atoms. The van der Waals surface area contributed by atoms with E-state index in [0.29, 0.717) is 0 Å². The monoisotopic (exact) mass is 302 g/mol. The first-order valence-electron chi connectivity index (χ1n) is 8.51. The molecule has 0 amide bonds. The Morgan fingerprint density at radius 1 is 1.19 bits per heavy atom. The van der Waals surface area contributed by atoms with Gasteiger partial charge < -0.3 is 0 Å². The van der Waals surface area contributed by atoms with Crippen molar-refractivity contribution in [1.29, 1.82) is 0 Å². The molecule has 0 aromatic heterocycles. The highest BCUT2D eigenvalue weighted by Crippen LogP contribution is 2.40. The molecule has 3 heteroatoms. The Morgan fingerprint density at radius 3 is 3.05 bits per heavy atom. The highest BCUT2D eigenvalue weighted by Gasteiger charge is 2.35. The summed E-state index contributed by atoms with van der Waals surface area (Å²) in [5.41, 5.74) is 1.60. The zero-order chi connectivity index (χ0) is 14.2. The zero-order valence-electron chi connectivity index (χ0n) is 13.0. The first-order chi connectivity index (χ1) is 10.3. The molecule has 114 valence electrons. The SMILES string of the molecule is CC1CN2CCCCC2CN1CC1CSc2ccccc21. The van der Waals surface area contributed by atoms with Crippen molar-refractivity contribution in [3.05, 3.63) is 29.8 Å². The molecule has 3 atom stereocenters. The quantitative estimate of drug-likeness (QED) is 0.826. The molecule has 2 saturated heterocycles. The molecule has 0 N–H and O–H groups in total. The molecule has 2 nitrogen and oxygen atoms in total. The summed E-state index contributed by atoms with van der Waals surface area (Å²) in [4.78, 5) is 7.05. The van der Waals surface area contributed by atoms with E-state index in [1.54, 1.807) is 5.56 Å². The van der Waals surface area contributed by atoms with Gasteiger partial charge in [0.15, 0.2) is 0 Å². The average Bonchev–Trinajstić information content (AvgIpc) is 2.91. The van der Waals surface area contributed by atoms with E-state index in [2.05, 4.69) is 52.8 Å². The molecule has 0 bridgehead atoms. The lowest BCUT2D eigenvalue weighted by molar-refractivity contribution is 0.0133. The van der Waals surface area contributed by atoms with Gasteiger partial charge in [-0.1, -0.05) is 24.6 Å². The van der Waals surface area contributed by atoms with Crippen LogP contribution in [0.5, 0.6) is 0 Å². The first kappa shape index (κ1) is 14.1. The normalized spacial score (nSPS) is 33.7. The van der Waals surface area contributed by atoms with Crippen LogP contribution in [0.25, 0.3) is 0 Å². The van der Waals surface area contributed by atoms with Gasteiger partial charge in [-0.15, -0.1) is 11.8 Å². The Kier molecular flexibility index (Phi) is 3.99. The van der Waals surface area contributed by atoms with Gasteiger partial charge in [-0.2, -0.15) is 0 Å². The van der Waals surface area contributed by atoms with Gasteiger partial charge in [0.2, 0.25) is 0 Å². The van der Waals surface area contributed by atoms with E-state index in [1.165, 1.54) is 56.1 Å². The summed E-state index contributed by atoms with van der Waals surface area (Å²) in [7, 11) is 0. The van der Waals surface area contributed by atoms with Crippen LogP contribution in [-0.2, 0) is 0 Å². The molecule has 1 aromatic rings. The Bertz CT molecular complexity index is 504. The van der Waals surface area contributed by atoms with Crippen molar-refractivity contribution in [2.24, 2.45) is 0 Å². The smallest absolute Gasteiger partial charge is 0.0223 e. The Hall–Kier alpha value is -0.510. The van der Waals surface area contributed by atoms with Crippen LogP contribution in [0.2, 0.25) is 0 Å². The van der Waals surface area contributed by atoms with E-state index in [4.69, 9.17) is 0 Å². The van der Waals surface area contributed by atoms with Gasteiger partial charge >= 0.3 is 0 Å². The third-order valence-electron chi connectivity index (χ3n) is 5.57. The molecule has 0 aliphatic carbocycles. The van der Waals surface area contributed by atoms with Gasteiger partial charge in [0, 0.05) is 48.3 Å². The number of hydrogen-bond acceptors (Lipinski definition) is 3. The lowest BCUT2D eigenvalue weighted by Gasteiger charge is -2.48. The van der Waals surface area contributed by atoms with E-state index < -0.39 is 0 Å². The number of fused-ring (bicyclic) bond motifs is 2. The van der Waals surface area contributed by atoms with E-state index in [9.17, 15) is 0 Å². The maximum atomic E-state index is 2.78. The molecule has 3 aliphatic rings. The molecule has 4 rings (SSSR count). The molecular formula is C18H26N2S.